The largest absolute Gasteiger partial charge is 0.291 e. The van der Waals surface area contributed by atoms with Gasteiger partial charge in [0.15, 0.2) is 5.78 Å². The maximum Gasteiger partial charge on any atom is 0.192 e. The summed E-state index contributed by atoms with van der Waals surface area (Å²) < 4.78 is 14.9. The minimum Gasteiger partial charge on any atom is -0.291 e. The Morgan fingerprint density at radius 3 is 2.67 bits per heavy atom. The summed E-state index contributed by atoms with van der Waals surface area (Å²) in [6.45, 7) is 0. The van der Waals surface area contributed by atoms with Crippen molar-refractivity contribution in [2.45, 2.75) is 4.90 Å². The van der Waals surface area contributed by atoms with E-state index in [1.807, 2.05) is 0 Å². The number of carbonyl (C=O) groups is 1. The first-order valence-electron chi connectivity index (χ1n) is 5.17. The van der Waals surface area contributed by atoms with Gasteiger partial charge in [0.25, 0.3) is 0 Å². The molecule has 0 fully saturated rings. The summed E-state index contributed by atoms with van der Waals surface area (Å²) >= 11 is 4.67. The fourth-order valence-corrected chi connectivity index (χ4v) is 2.80. The van der Waals surface area contributed by atoms with Crippen molar-refractivity contribution < 1.29 is 9.18 Å². The second-order valence-corrected chi connectivity index (χ2v) is 5.53. The Hall–Kier alpha value is -1.14. The molecule has 0 atom stereocenters. The topological polar surface area (TPSA) is 34.9 Å². The van der Waals surface area contributed by atoms with Crippen molar-refractivity contribution in [2.75, 3.05) is 5.75 Å². The Bertz CT molecular complexity index is 548. The molecule has 0 aliphatic heterocycles. The number of carbonyl (C=O) groups excluding carboxylic acids is 1. The van der Waals surface area contributed by atoms with Crippen LogP contribution in [-0.2, 0) is 7.05 Å². The number of hydrogen-bond donors (Lipinski definition) is 0. The number of Topliss-reactive ketones (excluding diaryl/α,β-unsaturated/α-hetero) is 1. The van der Waals surface area contributed by atoms with Crippen LogP contribution in [0.1, 0.15) is 10.5 Å². The lowest BCUT2D eigenvalue weighted by molar-refractivity contribution is 0.101. The monoisotopic (exact) mass is 328 g/mol. The number of aryl methyl sites for hydroxylation is 1. The highest BCUT2D eigenvalue weighted by molar-refractivity contribution is 9.10. The smallest absolute Gasteiger partial charge is 0.192 e. The number of hydrogen-bond acceptors (Lipinski definition) is 3. The molecular formula is C12H10BrFN2OS. The van der Waals surface area contributed by atoms with Crippen LogP contribution in [0.4, 0.5) is 4.39 Å². The number of ketones is 1. The van der Waals surface area contributed by atoms with E-state index in [1.54, 1.807) is 25.4 Å². The number of benzene rings is 1. The molecule has 3 nitrogen and oxygen atoms in total. The van der Waals surface area contributed by atoms with Crippen LogP contribution in [0.25, 0.3) is 0 Å². The van der Waals surface area contributed by atoms with E-state index in [0.717, 1.165) is 4.90 Å². The van der Waals surface area contributed by atoms with E-state index < -0.39 is 0 Å². The van der Waals surface area contributed by atoms with Gasteiger partial charge in [-0.25, -0.2) is 4.39 Å². The predicted molar refractivity (Wildman–Crippen MR) is 72.4 cm³/mol. The molecular weight excluding hydrogens is 319 g/mol. The third-order valence-electron chi connectivity index (χ3n) is 2.34. The molecule has 6 heteroatoms. The second-order valence-electron chi connectivity index (χ2n) is 3.63. The first kappa shape index (κ1) is 13.3. The van der Waals surface area contributed by atoms with Gasteiger partial charge >= 0.3 is 0 Å². The van der Waals surface area contributed by atoms with Gasteiger partial charge in [0.05, 0.1) is 16.4 Å². The number of nitrogens with zero attached hydrogens (tertiary/aromatic N) is 2. The molecule has 0 saturated carbocycles. The molecule has 0 saturated heterocycles. The lowest BCUT2D eigenvalue weighted by Gasteiger charge is -2.03. The lowest BCUT2D eigenvalue weighted by atomic mass is 10.3. The van der Waals surface area contributed by atoms with Crippen LogP contribution >= 0.6 is 27.7 Å². The molecule has 0 unspecified atom stereocenters. The van der Waals surface area contributed by atoms with Gasteiger partial charge in [0, 0.05) is 11.9 Å². The molecule has 0 amide bonds. The van der Waals surface area contributed by atoms with Gasteiger partial charge < -0.3 is 0 Å². The van der Waals surface area contributed by atoms with Crippen LogP contribution in [0, 0.1) is 5.82 Å². The predicted octanol–water partition coefficient (Wildman–Crippen LogP) is 3.30. The summed E-state index contributed by atoms with van der Waals surface area (Å²) in [6, 6.07) is 6.08. The van der Waals surface area contributed by atoms with Gasteiger partial charge in [-0.15, -0.1) is 11.8 Å². The molecule has 0 spiro atoms. The van der Waals surface area contributed by atoms with Gasteiger partial charge in [-0.05, 0) is 40.2 Å². The normalized spacial score (nSPS) is 10.6. The van der Waals surface area contributed by atoms with Crippen molar-refractivity contribution in [1.29, 1.82) is 0 Å². The first-order chi connectivity index (χ1) is 8.58. The van der Waals surface area contributed by atoms with Crippen molar-refractivity contribution >= 4 is 33.5 Å². The number of halogens is 2. The van der Waals surface area contributed by atoms with E-state index in [0.29, 0.717) is 15.9 Å². The van der Waals surface area contributed by atoms with Crippen LogP contribution < -0.4 is 0 Å². The van der Waals surface area contributed by atoms with E-state index in [2.05, 4.69) is 21.0 Å². The van der Waals surface area contributed by atoms with E-state index in [1.165, 1.54) is 28.6 Å². The van der Waals surface area contributed by atoms with E-state index in [4.69, 9.17) is 0 Å². The highest BCUT2D eigenvalue weighted by Crippen LogP contribution is 2.22. The molecule has 0 radical (unpaired) electrons. The molecule has 2 aromatic rings. The molecule has 1 aromatic heterocycles. The molecule has 0 bridgehead atoms. The Kier molecular flexibility index (Phi) is 4.19. The minimum atomic E-state index is -0.278. The highest BCUT2D eigenvalue weighted by Gasteiger charge is 2.15. The van der Waals surface area contributed by atoms with Crippen molar-refractivity contribution in [3.8, 4) is 0 Å². The summed E-state index contributed by atoms with van der Waals surface area (Å²) in [4.78, 5) is 12.9. The molecule has 0 aliphatic carbocycles. The van der Waals surface area contributed by atoms with Crippen LogP contribution in [0.15, 0.2) is 39.8 Å². The molecule has 0 N–H and O–H groups in total. The quantitative estimate of drug-likeness (QED) is 0.638. The van der Waals surface area contributed by atoms with Crippen molar-refractivity contribution in [3.63, 3.8) is 0 Å². The van der Waals surface area contributed by atoms with Crippen LogP contribution in [-0.4, -0.2) is 21.3 Å². The Morgan fingerprint density at radius 1 is 1.44 bits per heavy atom. The van der Waals surface area contributed by atoms with Crippen molar-refractivity contribution in [3.05, 3.63) is 46.4 Å². The zero-order chi connectivity index (χ0) is 13.1. The van der Waals surface area contributed by atoms with E-state index in [-0.39, 0.29) is 11.6 Å². The summed E-state index contributed by atoms with van der Waals surface area (Å²) in [7, 11) is 1.72. The van der Waals surface area contributed by atoms with Gasteiger partial charge in [0.2, 0.25) is 0 Å². The van der Waals surface area contributed by atoms with Gasteiger partial charge in [-0.2, -0.15) is 5.10 Å². The Labute approximate surface area is 117 Å². The van der Waals surface area contributed by atoms with Crippen LogP contribution in [0.5, 0.6) is 0 Å². The average Bonchev–Trinajstić information content (AvgIpc) is 2.68. The molecule has 94 valence electrons. The minimum absolute atomic E-state index is 0.0174. The average molecular weight is 329 g/mol. The van der Waals surface area contributed by atoms with Crippen molar-refractivity contribution in [2.24, 2.45) is 7.05 Å². The number of aromatic nitrogens is 2. The number of thioether (sulfide) groups is 1. The fourth-order valence-electron chi connectivity index (χ4n) is 1.47. The van der Waals surface area contributed by atoms with Gasteiger partial charge in [-0.3, -0.25) is 9.48 Å². The SMILES string of the molecule is Cn1ncc(Br)c1C(=O)CSc1ccc(F)cc1. The molecule has 2 rings (SSSR count). The first-order valence-corrected chi connectivity index (χ1v) is 6.95. The zero-order valence-corrected chi connectivity index (χ0v) is 12.0. The van der Waals surface area contributed by atoms with Crippen molar-refractivity contribution in [1.82, 2.24) is 9.78 Å². The fraction of sp³-hybridized carbons (Fsp3) is 0.167. The lowest BCUT2D eigenvalue weighted by Crippen LogP contribution is -2.09. The standard InChI is InChI=1S/C12H10BrFN2OS/c1-16-12(10(13)6-15-16)11(17)7-18-9-4-2-8(14)3-5-9/h2-6H,7H2,1H3. The van der Waals surface area contributed by atoms with E-state index in [9.17, 15) is 9.18 Å². The number of rotatable bonds is 4. The maximum atomic E-state index is 12.7. The Morgan fingerprint density at radius 2 is 2.11 bits per heavy atom. The maximum absolute atomic E-state index is 12.7. The molecule has 0 aliphatic rings. The van der Waals surface area contributed by atoms with Crippen LogP contribution in [0.3, 0.4) is 0 Å². The highest BCUT2D eigenvalue weighted by atomic mass is 79.9. The third kappa shape index (κ3) is 3.00. The second kappa shape index (κ2) is 5.67. The summed E-state index contributed by atoms with van der Waals surface area (Å²) in [6.07, 6.45) is 1.59. The van der Waals surface area contributed by atoms with Gasteiger partial charge in [0.1, 0.15) is 11.5 Å². The summed E-state index contributed by atoms with van der Waals surface area (Å²) in [5.41, 5.74) is 0.546. The van der Waals surface area contributed by atoms with Crippen LogP contribution in [0.2, 0.25) is 0 Å². The van der Waals surface area contributed by atoms with Gasteiger partial charge in [-0.1, -0.05) is 0 Å². The zero-order valence-electron chi connectivity index (χ0n) is 9.56. The molecule has 1 aromatic carbocycles. The van der Waals surface area contributed by atoms with E-state index >= 15 is 0 Å². The molecule has 1 heterocycles. The Balaban J connectivity index is 2.03. The third-order valence-corrected chi connectivity index (χ3v) is 3.93. The summed E-state index contributed by atoms with van der Waals surface area (Å²) in [5, 5.41) is 3.99. The molecule has 18 heavy (non-hydrogen) atoms. The summed E-state index contributed by atoms with van der Waals surface area (Å²) in [5.74, 6) is 0.000269.